The molecule has 0 bridgehead atoms. The van der Waals surface area contributed by atoms with Crippen LogP contribution in [0.15, 0.2) is 30.3 Å². The van der Waals surface area contributed by atoms with E-state index in [2.05, 4.69) is 33.8 Å². The van der Waals surface area contributed by atoms with Crippen molar-refractivity contribution < 1.29 is 19.0 Å². The van der Waals surface area contributed by atoms with Gasteiger partial charge in [-0.15, -0.1) is 0 Å². The van der Waals surface area contributed by atoms with Crippen molar-refractivity contribution in [2.45, 2.75) is 40.7 Å². The topological polar surface area (TPSA) is 48.0 Å². The van der Waals surface area contributed by atoms with Crippen LogP contribution in [-0.4, -0.2) is 33.3 Å². The quantitative estimate of drug-likeness (QED) is 0.742. The van der Waals surface area contributed by atoms with Gasteiger partial charge in [-0.25, -0.2) is 0 Å². The van der Waals surface area contributed by atoms with Crippen molar-refractivity contribution in [3.05, 3.63) is 52.6 Å². The number of nitrogens with zero attached hydrogens (tertiary/aromatic N) is 1. The first-order chi connectivity index (χ1) is 13.7. The number of rotatable bonds is 4. The second kappa shape index (κ2) is 8.07. The highest BCUT2D eigenvalue weighted by Gasteiger charge is 2.33. The Labute approximate surface area is 173 Å². The molecule has 0 N–H and O–H groups in total. The third kappa shape index (κ3) is 4.25. The molecule has 1 unspecified atom stereocenters. The number of carbonyl (C=O) groups is 1. The third-order valence-corrected chi connectivity index (χ3v) is 5.16. The van der Waals surface area contributed by atoms with Crippen LogP contribution in [0.3, 0.4) is 0 Å². The Bertz CT molecular complexity index is 914. The number of aryl methyl sites for hydroxylation is 1. The fraction of sp³-hybridized carbons (Fsp3) is 0.458. The molecule has 0 radical (unpaired) electrons. The molecule has 5 heteroatoms. The van der Waals surface area contributed by atoms with Crippen molar-refractivity contribution in [3.8, 4) is 11.5 Å². The number of benzene rings is 2. The summed E-state index contributed by atoms with van der Waals surface area (Å²) in [7, 11) is 3.29. The van der Waals surface area contributed by atoms with E-state index in [4.69, 9.17) is 14.2 Å². The van der Waals surface area contributed by atoms with E-state index in [1.54, 1.807) is 14.2 Å². The Hall–Kier alpha value is -2.53. The van der Waals surface area contributed by atoms with Crippen molar-refractivity contribution >= 4 is 11.6 Å². The summed E-state index contributed by atoms with van der Waals surface area (Å²) in [6.45, 7) is 11.0. The first kappa shape index (κ1) is 21.2. The van der Waals surface area contributed by atoms with E-state index in [9.17, 15) is 4.79 Å². The molecule has 0 spiro atoms. The van der Waals surface area contributed by atoms with Crippen LogP contribution in [0.2, 0.25) is 0 Å². The lowest BCUT2D eigenvalue weighted by Crippen LogP contribution is -2.39. The highest BCUT2D eigenvalue weighted by Crippen LogP contribution is 2.43. The molecule has 156 valence electrons. The monoisotopic (exact) mass is 397 g/mol. The lowest BCUT2D eigenvalue weighted by Gasteiger charge is -2.30. The van der Waals surface area contributed by atoms with Crippen molar-refractivity contribution in [1.29, 1.82) is 0 Å². The number of carbonyl (C=O) groups excluding carboxylic acids is 1. The van der Waals surface area contributed by atoms with Crippen molar-refractivity contribution in [3.63, 3.8) is 0 Å². The van der Waals surface area contributed by atoms with Crippen molar-refractivity contribution in [2.75, 3.05) is 32.3 Å². The minimum atomic E-state index is -0.404. The summed E-state index contributed by atoms with van der Waals surface area (Å²) in [5, 5.41) is 0. The average Bonchev–Trinajstić information content (AvgIpc) is 2.77. The molecule has 5 nitrogen and oxygen atoms in total. The summed E-state index contributed by atoms with van der Waals surface area (Å²) >= 11 is 0. The van der Waals surface area contributed by atoms with E-state index < -0.39 is 6.10 Å². The molecular formula is C24H31NO4. The minimum absolute atomic E-state index is 0.0166. The van der Waals surface area contributed by atoms with Gasteiger partial charge in [-0.3, -0.25) is 4.79 Å². The Balaban J connectivity index is 2.19. The molecule has 0 fully saturated rings. The molecule has 1 aliphatic heterocycles. The first-order valence-electron chi connectivity index (χ1n) is 9.90. The molecule has 1 amide bonds. The lowest BCUT2D eigenvalue weighted by atomic mass is 9.93. The van der Waals surface area contributed by atoms with E-state index in [1.807, 2.05) is 36.1 Å². The number of anilines is 1. The molecule has 1 aliphatic rings. The van der Waals surface area contributed by atoms with Crippen molar-refractivity contribution in [2.24, 2.45) is 5.41 Å². The maximum Gasteiger partial charge on any atom is 0.253 e. The van der Waals surface area contributed by atoms with Gasteiger partial charge in [0.15, 0.2) is 0 Å². The second-order valence-corrected chi connectivity index (χ2v) is 8.81. The minimum Gasteiger partial charge on any atom is -0.496 e. The zero-order chi connectivity index (χ0) is 21.3. The molecule has 0 aliphatic carbocycles. The maximum atomic E-state index is 13.0. The Kier molecular flexibility index (Phi) is 5.90. The number of amides is 1. The van der Waals surface area contributed by atoms with Crippen LogP contribution in [0, 0.1) is 19.3 Å². The van der Waals surface area contributed by atoms with Gasteiger partial charge >= 0.3 is 0 Å². The molecule has 3 rings (SSSR count). The largest absolute Gasteiger partial charge is 0.496 e. The van der Waals surface area contributed by atoms with Gasteiger partial charge in [0, 0.05) is 28.9 Å². The van der Waals surface area contributed by atoms with E-state index in [0.717, 1.165) is 39.4 Å². The van der Waals surface area contributed by atoms with Gasteiger partial charge in [0.05, 0.1) is 14.2 Å². The molecular weight excluding hydrogens is 366 g/mol. The average molecular weight is 398 g/mol. The number of hydrogen-bond acceptors (Lipinski definition) is 4. The highest BCUT2D eigenvalue weighted by molar-refractivity contribution is 5.96. The Morgan fingerprint density at radius 1 is 1.07 bits per heavy atom. The van der Waals surface area contributed by atoms with Gasteiger partial charge in [0.1, 0.15) is 24.2 Å². The van der Waals surface area contributed by atoms with Crippen LogP contribution in [-0.2, 0) is 9.53 Å². The molecule has 0 saturated heterocycles. The number of methoxy groups -OCH3 is 2. The Morgan fingerprint density at radius 2 is 1.79 bits per heavy atom. The van der Waals surface area contributed by atoms with Crippen LogP contribution in [0.25, 0.3) is 0 Å². The lowest BCUT2D eigenvalue weighted by molar-refractivity contribution is -0.124. The van der Waals surface area contributed by atoms with Gasteiger partial charge < -0.3 is 19.1 Å². The zero-order valence-electron chi connectivity index (χ0n) is 18.5. The van der Waals surface area contributed by atoms with Crippen molar-refractivity contribution in [1.82, 2.24) is 0 Å². The molecule has 1 atom stereocenters. The number of fused-ring (bicyclic) bond motifs is 1. The Morgan fingerprint density at radius 3 is 2.41 bits per heavy atom. The second-order valence-electron chi connectivity index (χ2n) is 8.81. The summed E-state index contributed by atoms with van der Waals surface area (Å²) in [6, 6.07) is 10.1. The van der Waals surface area contributed by atoms with E-state index >= 15 is 0 Å². The molecule has 1 heterocycles. The highest BCUT2D eigenvalue weighted by atomic mass is 16.5. The molecule has 2 aromatic rings. The van der Waals surface area contributed by atoms with E-state index in [1.165, 1.54) is 0 Å². The van der Waals surface area contributed by atoms with Gasteiger partial charge in [-0.2, -0.15) is 0 Å². The van der Waals surface area contributed by atoms with Gasteiger partial charge in [0.2, 0.25) is 0 Å². The van der Waals surface area contributed by atoms with Gasteiger partial charge in [-0.1, -0.05) is 38.5 Å². The molecule has 2 aromatic carbocycles. The van der Waals surface area contributed by atoms with Crippen LogP contribution < -0.4 is 14.4 Å². The van der Waals surface area contributed by atoms with Gasteiger partial charge in [-0.05, 0) is 37.5 Å². The van der Waals surface area contributed by atoms with E-state index in [0.29, 0.717) is 6.54 Å². The summed E-state index contributed by atoms with van der Waals surface area (Å²) in [5.74, 6) is 1.45. The summed E-state index contributed by atoms with van der Waals surface area (Å²) in [5.41, 5.74) is 4.75. The van der Waals surface area contributed by atoms with Crippen LogP contribution in [0.5, 0.6) is 11.5 Å². The van der Waals surface area contributed by atoms with Crippen LogP contribution in [0.1, 0.15) is 49.1 Å². The predicted octanol–water partition coefficient (Wildman–Crippen LogP) is 4.82. The van der Waals surface area contributed by atoms with Crippen LogP contribution >= 0.6 is 0 Å². The predicted molar refractivity (Wildman–Crippen MR) is 115 cm³/mol. The normalized spacial score (nSPS) is 17.0. The molecule has 0 aromatic heterocycles. The van der Waals surface area contributed by atoms with Gasteiger partial charge in [0.25, 0.3) is 5.91 Å². The molecule has 0 saturated carbocycles. The maximum absolute atomic E-state index is 13.0. The molecule has 29 heavy (non-hydrogen) atoms. The smallest absolute Gasteiger partial charge is 0.253 e. The standard InChI is InChI=1S/C24H31NO4/c1-15-8-10-19-18(12-15)23(29-13-21(26)25(19)14-24(3,4)5)17-9-11-20(27-6)16(2)22(17)28-7/h8-12,23H,13-14H2,1-7H3. The fourth-order valence-electron chi connectivity index (χ4n) is 3.88. The zero-order valence-corrected chi connectivity index (χ0v) is 18.5. The first-order valence-corrected chi connectivity index (χ1v) is 9.90. The third-order valence-electron chi connectivity index (χ3n) is 5.16. The fourth-order valence-corrected chi connectivity index (χ4v) is 3.88. The van der Waals surface area contributed by atoms with E-state index in [-0.39, 0.29) is 17.9 Å². The number of hydrogen-bond donors (Lipinski definition) is 0. The SMILES string of the molecule is COc1ccc(C2OCC(=O)N(CC(C)(C)C)c3ccc(C)cc32)c(OC)c1C. The van der Waals surface area contributed by atoms with Crippen LogP contribution in [0.4, 0.5) is 5.69 Å². The summed E-state index contributed by atoms with van der Waals surface area (Å²) < 4.78 is 17.4. The summed E-state index contributed by atoms with van der Waals surface area (Å²) in [6.07, 6.45) is -0.404. The summed E-state index contributed by atoms with van der Waals surface area (Å²) in [4.78, 5) is 14.8. The number of ether oxygens (including phenoxy) is 3.